The monoisotopic (exact) mass is 236 g/mol. The van der Waals surface area contributed by atoms with Gasteiger partial charge < -0.3 is 9.16 Å². The lowest BCUT2D eigenvalue weighted by molar-refractivity contribution is 0.191. The van der Waals surface area contributed by atoms with Crippen LogP contribution in [0.25, 0.3) is 6.08 Å². The first-order valence-electron chi connectivity index (χ1n) is 5.65. The minimum absolute atomic E-state index is 0.586. The van der Waals surface area contributed by atoms with Gasteiger partial charge in [-0.2, -0.15) is 0 Å². The van der Waals surface area contributed by atoms with E-state index in [0.717, 1.165) is 24.3 Å². The van der Waals surface area contributed by atoms with E-state index in [-0.39, 0.29) is 0 Å². The Hall–Kier alpha value is -1.06. The molecule has 3 heteroatoms. The highest BCUT2D eigenvalue weighted by Gasteiger charge is 2.09. The molecule has 1 atom stereocenters. The molecule has 88 valence electrons. The first-order chi connectivity index (χ1) is 7.81. The molecule has 1 aromatic rings. The van der Waals surface area contributed by atoms with Crippen molar-refractivity contribution >= 4 is 15.8 Å². The Morgan fingerprint density at radius 3 is 2.81 bits per heavy atom. The van der Waals surface area contributed by atoms with Gasteiger partial charge in [0.2, 0.25) is 9.76 Å². The van der Waals surface area contributed by atoms with E-state index in [2.05, 4.69) is 13.5 Å². The predicted octanol–water partition coefficient (Wildman–Crippen LogP) is 2.64. The van der Waals surface area contributed by atoms with Crippen molar-refractivity contribution in [3.8, 4) is 5.75 Å². The van der Waals surface area contributed by atoms with Crippen LogP contribution in [0, 0.1) is 0 Å². The second-order valence-corrected chi connectivity index (χ2v) is 5.56. The Balaban J connectivity index is 2.55. The highest BCUT2D eigenvalue weighted by atomic mass is 28.2. The molecule has 0 spiro atoms. The summed E-state index contributed by atoms with van der Waals surface area (Å²) in [6.45, 7) is 6.77. The first-order valence-corrected chi connectivity index (χ1v) is 7.04. The smallest absolute Gasteiger partial charge is 0.224 e. The van der Waals surface area contributed by atoms with Crippen molar-refractivity contribution < 1.29 is 9.16 Å². The summed E-state index contributed by atoms with van der Waals surface area (Å²) in [7, 11) is 1.16. The van der Waals surface area contributed by atoms with Crippen molar-refractivity contribution in [3.63, 3.8) is 0 Å². The largest absolute Gasteiger partial charge is 0.549 e. The third-order valence-corrected chi connectivity index (χ3v) is 4.36. The molecule has 0 amide bonds. The van der Waals surface area contributed by atoms with Crippen molar-refractivity contribution in [2.75, 3.05) is 13.7 Å². The lowest BCUT2D eigenvalue weighted by atomic mass is 10.2. The van der Waals surface area contributed by atoms with E-state index in [1.807, 2.05) is 30.3 Å². The van der Waals surface area contributed by atoms with Gasteiger partial charge >= 0.3 is 0 Å². The number of hydrogen-bond donors (Lipinski definition) is 0. The molecule has 0 N–H and O–H groups in total. The molecule has 1 unspecified atom stereocenters. The Labute approximate surface area is 100 Å². The number of para-hydroxylation sites is 1. The van der Waals surface area contributed by atoms with E-state index < -0.39 is 9.76 Å². The standard InChI is InChI=1S/C13H20O2Si/c1-4-11-8-6-7-9-13(11)15-16-12(5-2)10-14-3/h4,6-9,12H,1,5,10,16H2,2-3H3. The van der Waals surface area contributed by atoms with Gasteiger partial charge in [0.15, 0.2) is 0 Å². The molecule has 1 aromatic carbocycles. The van der Waals surface area contributed by atoms with Crippen molar-refractivity contribution in [3.05, 3.63) is 36.4 Å². The second-order valence-electron chi connectivity index (χ2n) is 3.78. The van der Waals surface area contributed by atoms with Crippen LogP contribution in [0.4, 0.5) is 0 Å². The third-order valence-electron chi connectivity index (χ3n) is 2.59. The van der Waals surface area contributed by atoms with E-state index >= 15 is 0 Å². The van der Waals surface area contributed by atoms with Crippen LogP contribution in [0.2, 0.25) is 5.54 Å². The minimum Gasteiger partial charge on any atom is -0.549 e. The molecule has 1 rings (SSSR count). The van der Waals surface area contributed by atoms with Gasteiger partial charge in [0.1, 0.15) is 5.75 Å². The molecule has 0 heterocycles. The van der Waals surface area contributed by atoms with E-state index in [4.69, 9.17) is 9.16 Å². The maximum Gasteiger partial charge on any atom is 0.224 e. The molecule has 2 nitrogen and oxygen atoms in total. The maximum atomic E-state index is 5.92. The van der Waals surface area contributed by atoms with Crippen LogP contribution in [-0.4, -0.2) is 23.5 Å². The average molecular weight is 236 g/mol. The zero-order valence-electron chi connectivity index (χ0n) is 10.1. The average Bonchev–Trinajstić information content (AvgIpc) is 2.34. The number of methoxy groups -OCH3 is 1. The lowest BCUT2D eigenvalue weighted by Gasteiger charge is -2.15. The summed E-state index contributed by atoms with van der Waals surface area (Å²) in [4.78, 5) is 0. The van der Waals surface area contributed by atoms with Crippen LogP contribution in [0.1, 0.15) is 18.9 Å². The highest BCUT2D eigenvalue weighted by Crippen LogP contribution is 2.20. The molecule has 0 saturated carbocycles. The summed E-state index contributed by atoms with van der Waals surface area (Å²) < 4.78 is 11.1. The summed E-state index contributed by atoms with van der Waals surface area (Å²) in [5.74, 6) is 0.957. The van der Waals surface area contributed by atoms with Crippen LogP contribution in [-0.2, 0) is 4.74 Å². The Morgan fingerprint density at radius 2 is 2.19 bits per heavy atom. The van der Waals surface area contributed by atoms with E-state index in [1.54, 1.807) is 7.11 Å². The number of rotatable bonds is 7. The van der Waals surface area contributed by atoms with Gasteiger partial charge in [-0.3, -0.25) is 0 Å². The summed E-state index contributed by atoms with van der Waals surface area (Å²) >= 11 is 0. The normalized spacial score (nSPS) is 12.9. The maximum absolute atomic E-state index is 5.92. The molecule has 0 radical (unpaired) electrons. The molecular formula is C13H20O2Si. The summed E-state index contributed by atoms with van der Waals surface area (Å²) in [6, 6.07) is 8.02. The quantitative estimate of drug-likeness (QED) is 0.678. The van der Waals surface area contributed by atoms with E-state index in [9.17, 15) is 0 Å². The lowest BCUT2D eigenvalue weighted by Crippen LogP contribution is -2.15. The van der Waals surface area contributed by atoms with Crippen LogP contribution < -0.4 is 4.43 Å². The summed E-state index contributed by atoms with van der Waals surface area (Å²) in [5.41, 5.74) is 1.66. The fourth-order valence-electron chi connectivity index (χ4n) is 1.51. The molecular weight excluding hydrogens is 216 g/mol. The Morgan fingerprint density at radius 1 is 1.44 bits per heavy atom. The van der Waals surface area contributed by atoms with Crippen LogP contribution in [0.5, 0.6) is 5.75 Å². The molecule has 0 aliphatic carbocycles. The van der Waals surface area contributed by atoms with Gasteiger partial charge in [-0.05, 0) is 6.07 Å². The van der Waals surface area contributed by atoms with Gasteiger partial charge in [0, 0.05) is 24.8 Å². The van der Waals surface area contributed by atoms with Crippen LogP contribution in [0.15, 0.2) is 30.8 Å². The first kappa shape index (κ1) is 13.0. The van der Waals surface area contributed by atoms with Crippen molar-refractivity contribution in [1.29, 1.82) is 0 Å². The van der Waals surface area contributed by atoms with Gasteiger partial charge in [-0.25, -0.2) is 0 Å². The molecule has 0 aromatic heterocycles. The van der Waals surface area contributed by atoms with E-state index in [0.29, 0.717) is 5.54 Å². The zero-order valence-corrected chi connectivity index (χ0v) is 11.5. The molecule has 0 saturated heterocycles. The van der Waals surface area contributed by atoms with E-state index in [1.165, 1.54) is 0 Å². The second kappa shape index (κ2) is 7.25. The van der Waals surface area contributed by atoms with Gasteiger partial charge in [0.25, 0.3) is 0 Å². The SMILES string of the molecule is C=Cc1ccccc1O[SiH2]C(CC)COC. The Bertz CT molecular complexity index is 325. The predicted molar refractivity (Wildman–Crippen MR) is 71.6 cm³/mol. The molecule has 0 aliphatic rings. The van der Waals surface area contributed by atoms with Crippen LogP contribution >= 0.6 is 0 Å². The molecule has 0 bridgehead atoms. The molecule has 16 heavy (non-hydrogen) atoms. The fourth-order valence-corrected chi connectivity index (χ4v) is 2.75. The van der Waals surface area contributed by atoms with Crippen molar-refractivity contribution in [2.45, 2.75) is 18.9 Å². The van der Waals surface area contributed by atoms with Crippen molar-refractivity contribution in [2.24, 2.45) is 0 Å². The highest BCUT2D eigenvalue weighted by molar-refractivity contribution is 6.30. The zero-order chi connectivity index (χ0) is 11.8. The minimum atomic E-state index is -0.587. The summed E-state index contributed by atoms with van der Waals surface area (Å²) in [6.07, 6.45) is 2.96. The number of benzene rings is 1. The topological polar surface area (TPSA) is 18.5 Å². The third kappa shape index (κ3) is 3.83. The molecule has 0 fully saturated rings. The van der Waals surface area contributed by atoms with Gasteiger partial charge in [-0.1, -0.05) is 44.2 Å². The van der Waals surface area contributed by atoms with Crippen molar-refractivity contribution in [1.82, 2.24) is 0 Å². The van der Waals surface area contributed by atoms with Gasteiger partial charge in [0.05, 0.1) is 0 Å². The Kier molecular flexibility index (Phi) is 5.89. The number of hydrogen-bond acceptors (Lipinski definition) is 2. The molecule has 0 aliphatic heterocycles. The fraction of sp³-hybridized carbons (Fsp3) is 0.385. The number of ether oxygens (including phenoxy) is 1. The van der Waals surface area contributed by atoms with Gasteiger partial charge in [-0.15, -0.1) is 0 Å². The summed E-state index contributed by atoms with van der Waals surface area (Å²) in [5, 5.41) is 0. The van der Waals surface area contributed by atoms with Crippen LogP contribution in [0.3, 0.4) is 0 Å².